The van der Waals surface area contributed by atoms with Crippen LogP contribution in [0.5, 0.6) is 0 Å². The second-order valence-electron chi connectivity index (χ2n) is 15.6. The van der Waals surface area contributed by atoms with Gasteiger partial charge in [-0.1, -0.05) is 166 Å². The van der Waals surface area contributed by atoms with E-state index in [1.165, 1.54) is 7.11 Å². The molecule has 0 radical (unpaired) electrons. The third kappa shape index (κ3) is 7.06. The fraction of sp³-hybridized carbons (Fsp3) is 0.224. The Bertz CT molecular complexity index is 2290. The zero-order valence-corrected chi connectivity index (χ0v) is 32.2. The predicted molar refractivity (Wildman–Crippen MR) is 223 cm³/mol. The van der Waals surface area contributed by atoms with Crippen molar-refractivity contribution in [3.63, 3.8) is 0 Å². The van der Waals surface area contributed by atoms with E-state index in [0.29, 0.717) is 12.4 Å². The Hall–Kier alpha value is -6.18. The van der Waals surface area contributed by atoms with Crippen molar-refractivity contribution in [2.45, 2.75) is 57.2 Å². The number of tetrazole rings is 1. The zero-order chi connectivity index (χ0) is 38.6. The quantitative estimate of drug-likeness (QED) is 0.105. The second kappa shape index (κ2) is 15.5. The predicted octanol–water partition coefficient (Wildman–Crippen LogP) is 10.1. The Balaban J connectivity index is 1.20. The van der Waals surface area contributed by atoms with Crippen LogP contribution < -0.4 is 5.32 Å². The maximum atomic E-state index is 13.1. The van der Waals surface area contributed by atoms with Gasteiger partial charge >= 0.3 is 5.97 Å². The van der Waals surface area contributed by atoms with Gasteiger partial charge in [0, 0.05) is 12.1 Å². The Morgan fingerprint density at radius 2 is 1.16 bits per heavy atom. The van der Waals surface area contributed by atoms with Crippen LogP contribution in [0.25, 0.3) is 33.6 Å². The molecular formula is C49H47N5O2. The number of methoxy groups -OCH3 is 1. The number of benzene rings is 6. The van der Waals surface area contributed by atoms with Gasteiger partial charge in [-0.2, -0.15) is 0 Å². The number of hydrogen-bond donors (Lipinski definition) is 1. The van der Waals surface area contributed by atoms with Gasteiger partial charge in [0.2, 0.25) is 5.82 Å². The smallest absolute Gasteiger partial charge is 0.326 e. The standard InChI is InChI=1S/C49H47N5O2/c1-47(2)30-32-48(33-31-47,46(55)56-3)50-35-36-24-26-38(27-25-36)44-34-39(37-16-8-4-9-17-37)28-29-43(44)45-51-53-54(52-45)49(40-18-10-5-11-19-40,41-20-12-6-13-21-41)42-22-14-7-15-23-42/h4-29,34,50H,30-33,35H2,1-3H3. The monoisotopic (exact) mass is 737 g/mol. The summed E-state index contributed by atoms with van der Waals surface area (Å²) in [5, 5.41) is 18.5. The number of carbonyl (C=O) groups excluding carboxylic acids is 1. The number of hydrogen-bond acceptors (Lipinski definition) is 6. The minimum atomic E-state index is -0.885. The lowest BCUT2D eigenvalue weighted by atomic mass is 9.69. The summed E-state index contributed by atoms with van der Waals surface area (Å²) in [5.74, 6) is 0.348. The molecule has 7 heteroatoms. The summed E-state index contributed by atoms with van der Waals surface area (Å²) in [6.07, 6.45) is 3.45. The molecule has 1 fully saturated rings. The van der Waals surface area contributed by atoms with Crippen molar-refractivity contribution in [3.05, 3.63) is 186 Å². The summed E-state index contributed by atoms with van der Waals surface area (Å²) < 4.78 is 5.31. The molecule has 6 aromatic carbocycles. The fourth-order valence-electron chi connectivity index (χ4n) is 8.21. The van der Waals surface area contributed by atoms with E-state index in [1.807, 2.05) is 24.3 Å². The Kier molecular flexibility index (Phi) is 10.2. The highest BCUT2D eigenvalue weighted by Gasteiger charge is 2.45. The van der Waals surface area contributed by atoms with Gasteiger partial charge in [-0.25, -0.2) is 0 Å². The molecule has 0 aliphatic heterocycles. The first-order valence-electron chi connectivity index (χ1n) is 19.4. The van der Waals surface area contributed by atoms with Crippen molar-refractivity contribution in [3.8, 4) is 33.6 Å². The van der Waals surface area contributed by atoms with E-state index in [9.17, 15) is 4.79 Å². The average molecular weight is 738 g/mol. The zero-order valence-electron chi connectivity index (χ0n) is 32.2. The highest BCUT2D eigenvalue weighted by atomic mass is 16.5. The third-order valence-electron chi connectivity index (χ3n) is 11.6. The third-order valence-corrected chi connectivity index (χ3v) is 11.6. The first-order valence-corrected chi connectivity index (χ1v) is 19.4. The lowest BCUT2D eigenvalue weighted by Gasteiger charge is -2.42. The van der Waals surface area contributed by atoms with Crippen molar-refractivity contribution in [2.24, 2.45) is 5.41 Å². The molecule has 8 rings (SSSR count). The summed E-state index contributed by atoms with van der Waals surface area (Å²) in [6.45, 7) is 5.11. The van der Waals surface area contributed by atoms with Gasteiger partial charge in [-0.3, -0.25) is 10.1 Å². The topological polar surface area (TPSA) is 81.9 Å². The van der Waals surface area contributed by atoms with Crippen LogP contribution in [0.4, 0.5) is 0 Å². The van der Waals surface area contributed by atoms with Crippen LogP contribution in [-0.4, -0.2) is 38.8 Å². The van der Waals surface area contributed by atoms with Crippen LogP contribution in [0, 0.1) is 5.41 Å². The maximum Gasteiger partial charge on any atom is 0.326 e. The molecule has 0 unspecified atom stereocenters. The molecule has 1 aromatic heterocycles. The largest absolute Gasteiger partial charge is 0.468 e. The SMILES string of the molecule is COC(=O)C1(NCc2ccc(-c3cc(-c4ccccc4)ccc3-c3nnn(C(c4ccccc4)(c4ccccc4)c4ccccc4)n3)cc2)CCC(C)(C)CC1. The molecule has 280 valence electrons. The van der Waals surface area contributed by atoms with Crippen LogP contribution in [-0.2, 0) is 21.6 Å². The number of nitrogens with one attached hydrogen (secondary N) is 1. The molecule has 1 saturated carbocycles. The van der Waals surface area contributed by atoms with E-state index in [0.717, 1.165) is 75.8 Å². The molecule has 56 heavy (non-hydrogen) atoms. The van der Waals surface area contributed by atoms with E-state index in [2.05, 4.69) is 159 Å². The highest BCUT2D eigenvalue weighted by molar-refractivity contribution is 5.85. The number of rotatable bonds is 11. The van der Waals surface area contributed by atoms with Gasteiger partial charge in [-0.05, 0) is 93.0 Å². The van der Waals surface area contributed by atoms with Gasteiger partial charge in [0.15, 0.2) is 5.54 Å². The molecule has 0 atom stereocenters. The van der Waals surface area contributed by atoms with Crippen LogP contribution in [0.3, 0.4) is 0 Å². The van der Waals surface area contributed by atoms with E-state index < -0.39 is 11.1 Å². The number of ether oxygens (including phenoxy) is 1. The lowest BCUT2D eigenvalue weighted by Crippen LogP contribution is -2.55. The molecular weight excluding hydrogens is 691 g/mol. The van der Waals surface area contributed by atoms with Crippen LogP contribution in [0.15, 0.2) is 164 Å². The van der Waals surface area contributed by atoms with Crippen LogP contribution in [0.1, 0.15) is 61.8 Å². The Morgan fingerprint density at radius 1 is 0.643 bits per heavy atom. The van der Waals surface area contributed by atoms with Gasteiger partial charge in [-0.15, -0.1) is 15.0 Å². The molecule has 7 nitrogen and oxygen atoms in total. The summed E-state index contributed by atoms with van der Waals surface area (Å²) in [6, 6.07) is 56.6. The fourth-order valence-corrected chi connectivity index (χ4v) is 8.21. The van der Waals surface area contributed by atoms with Crippen LogP contribution in [0.2, 0.25) is 0 Å². The number of nitrogens with zero attached hydrogens (tertiary/aromatic N) is 4. The average Bonchev–Trinajstić information content (AvgIpc) is 3.75. The van der Waals surface area contributed by atoms with E-state index >= 15 is 0 Å². The minimum absolute atomic E-state index is 0.177. The van der Waals surface area contributed by atoms with Gasteiger partial charge in [0.05, 0.1) is 7.11 Å². The minimum Gasteiger partial charge on any atom is -0.468 e. The van der Waals surface area contributed by atoms with Crippen molar-refractivity contribution in [2.75, 3.05) is 7.11 Å². The summed E-state index contributed by atoms with van der Waals surface area (Å²) in [4.78, 5) is 14.9. The Morgan fingerprint density at radius 3 is 1.70 bits per heavy atom. The lowest BCUT2D eigenvalue weighted by molar-refractivity contribution is -0.151. The van der Waals surface area contributed by atoms with Gasteiger partial charge < -0.3 is 4.74 Å². The molecule has 1 aliphatic rings. The second-order valence-corrected chi connectivity index (χ2v) is 15.6. The maximum absolute atomic E-state index is 13.1. The van der Waals surface area contributed by atoms with Gasteiger partial charge in [0.1, 0.15) is 5.54 Å². The molecule has 0 saturated heterocycles. The molecule has 1 heterocycles. The summed E-state index contributed by atoms with van der Waals surface area (Å²) >= 11 is 0. The number of esters is 1. The van der Waals surface area contributed by atoms with E-state index in [4.69, 9.17) is 20.1 Å². The van der Waals surface area contributed by atoms with Crippen molar-refractivity contribution >= 4 is 5.97 Å². The molecule has 1 aliphatic carbocycles. The molecule has 7 aromatic rings. The normalized spacial score (nSPS) is 14.9. The summed E-state index contributed by atoms with van der Waals surface area (Å²) in [5.41, 5.74) is 7.94. The van der Waals surface area contributed by atoms with E-state index in [-0.39, 0.29) is 11.4 Å². The van der Waals surface area contributed by atoms with E-state index in [1.54, 1.807) is 4.80 Å². The number of carbonyl (C=O) groups is 1. The van der Waals surface area contributed by atoms with Crippen LogP contribution >= 0.6 is 0 Å². The molecule has 0 spiro atoms. The first kappa shape index (κ1) is 36.8. The molecule has 1 N–H and O–H groups in total. The number of aromatic nitrogens is 4. The van der Waals surface area contributed by atoms with Crippen molar-refractivity contribution in [1.82, 2.24) is 25.5 Å². The van der Waals surface area contributed by atoms with Crippen molar-refractivity contribution in [1.29, 1.82) is 0 Å². The molecule has 0 amide bonds. The highest BCUT2D eigenvalue weighted by Crippen LogP contribution is 2.42. The molecule has 0 bridgehead atoms. The summed E-state index contributed by atoms with van der Waals surface area (Å²) in [7, 11) is 1.49. The Labute approximate surface area is 329 Å². The first-order chi connectivity index (χ1) is 27.3. The van der Waals surface area contributed by atoms with Gasteiger partial charge in [0.25, 0.3) is 0 Å². The van der Waals surface area contributed by atoms with Crippen molar-refractivity contribution < 1.29 is 9.53 Å².